The van der Waals surface area contributed by atoms with Crippen LogP contribution in [-0.2, 0) is 104 Å². The number of carbonyl (C=O) groups is 19. The van der Waals surface area contributed by atoms with E-state index in [9.17, 15) is 82.4 Å². The first-order valence-electron chi connectivity index (χ1n) is 45.0. The van der Waals surface area contributed by atoms with Gasteiger partial charge in [-0.15, -0.1) is 0 Å². The number of aliphatic hydroxyl groups excluding tert-OH is 1. The number of carbonyl (C=O) groups excluding carboxylic acids is 18. The fourth-order valence-corrected chi connectivity index (χ4v) is 14.1. The molecule has 0 saturated carbocycles. The van der Waals surface area contributed by atoms with E-state index in [1.54, 1.807) is 70.2 Å². The number of primary amides is 2. The normalized spacial score (nSPS) is 19.7. The topological polar surface area (TPSA) is 815 Å². The summed E-state index contributed by atoms with van der Waals surface area (Å²) in [5, 5.41) is 103. The van der Waals surface area contributed by atoms with Crippen LogP contribution >= 0.6 is 12.6 Å². The minimum absolute atomic E-state index is 0.0173. The van der Waals surface area contributed by atoms with E-state index in [4.69, 9.17) is 44.9 Å². The summed E-state index contributed by atoms with van der Waals surface area (Å²) in [4.78, 5) is 266. The highest BCUT2D eigenvalue weighted by Gasteiger charge is 2.44. The Labute approximate surface area is 799 Å². The van der Waals surface area contributed by atoms with Gasteiger partial charge < -0.3 is 145 Å². The Kier molecular flexibility index (Phi) is 50.5. The number of nitrogens with one attached hydrogen (secondary N) is 22. The molecule has 0 bridgehead atoms. The number of benzene rings is 2. The van der Waals surface area contributed by atoms with Gasteiger partial charge in [-0.05, 0) is 147 Å². The molecule has 1 aliphatic heterocycles. The summed E-state index contributed by atoms with van der Waals surface area (Å²) in [6, 6.07) is -7.40. The molecule has 0 spiro atoms. The Morgan fingerprint density at radius 1 is 0.504 bits per heavy atom. The molecule has 35 N–H and O–H groups in total. The highest BCUT2D eigenvalue weighted by atomic mass is 32.1. The van der Waals surface area contributed by atoms with Gasteiger partial charge >= 0.3 is 5.97 Å². The van der Waals surface area contributed by atoms with E-state index < -0.39 is 269 Å². The van der Waals surface area contributed by atoms with Crippen LogP contribution in [0.5, 0.6) is 5.75 Å². The highest BCUT2D eigenvalue weighted by molar-refractivity contribution is 7.80. The predicted molar refractivity (Wildman–Crippen MR) is 504 cm³/mol. The maximum absolute atomic E-state index is 15.4. The van der Waals surface area contributed by atoms with Gasteiger partial charge in [-0.1, -0.05) is 95.2 Å². The fraction of sp³-hybridized carbons (Fsp3) is 0.586. The number of aliphatic carboxylic acids is 1. The van der Waals surface area contributed by atoms with Crippen molar-refractivity contribution in [2.75, 3.05) is 31.9 Å². The maximum atomic E-state index is 15.4. The molecule has 2 aromatic carbocycles. The van der Waals surface area contributed by atoms with Gasteiger partial charge in [0, 0.05) is 45.2 Å². The average molecular weight is 1950 g/mol. The number of amides is 18. The third-order valence-corrected chi connectivity index (χ3v) is 22.7. The molecule has 2 aromatic rings. The molecule has 0 aliphatic carbocycles. The Balaban J connectivity index is 2.16. The van der Waals surface area contributed by atoms with Crippen LogP contribution in [0, 0.1) is 28.1 Å². The van der Waals surface area contributed by atoms with Gasteiger partial charge in [-0.3, -0.25) is 107 Å². The first-order valence-corrected chi connectivity index (χ1v) is 45.6. The number of carboxylic acids is 1. The van der Waals surface area contributed by atoms with Crippen molar-refractivity contribution in [1.29, 1.82) is 16.2 Å². The van der Waals surface area contributed by atoms with Gasteiger partial charge in [0.1, 0.15) is 95.4 Å². The molecule has 760 valence electrons. The second kappa shape index (κ2) is 59.0. The standard InChI is InChI=1S/C87H139N27O22S/c1-11-45(3)65(112-79(133)66(46(4)12-2)111-72(126)55(28-23-37-97-84(92)93)104-80(134)67(49(7)115)110-63(119)43-99-50(8)116)78(132)107-58(40-52-30-32-53(117)33-31-52)74(128)106-60(42-64(120)121)75(129)103-56(29-24-38-98-85(94)95)77(131)114-87(10)35-21-16-14-13-15-20-34-86(9,113-70(124)48(6)100-69(123)47(5)101-73(127)59(108-81(87)135)39-51-25-18-17-19-26-51)82(136)109-61(44-137)76(130)102-54(27-22-36-96-83(90)91)71(125)105-57(68(89)122)41-62(88)118/h13-14,17-19,25-26,30-33,45-49,54-61,65-67,115,117,137H,11-12,15-16,20-24,27-29,34-44H2,1-10H3,(H2,88,118)(H2,89,122)(H,99,116)(H,100,123)(H,101,127)(H,102,130)(H,103,129)(H,104,134)(H,105,125)(H,106,128)(H,107,132)(H,108,135)(H,109,136)(H,110,119)(H,111,126)(H,112,133)(H,113,124)(H,114,131)(H,120,121)(H4,90,91,96)(H4,92,93,97)(H4,94,95,98)/b14-13-/t45-,46-,47-,48-,49+,54-,55-,56-,57-,58-,59-,60-,61-,65-,66-,67-,86-,87-/m0/s1. The number of carboxylic acid groups (broad SMARTS) is 1. The number of aromatic hydroxyl groups is 1. The van der Waals surface area contributed by atoms with Crippen LogP contribution in [-0.4, -0.2) is 273 Å². The molecule has 18 atom stereocenters. The molecule has 3 rings (SSSR count). The van der Waals surface area contributed by atoms with Crippen molar-refractivity contribution in [3.63, 3.8) is 0 Å². The van der Waals surface area contributed by atoms with Crippen LogP contribution < -0.4 is 130 Å². The Bertz CT molecular complexity index is 4570. The number of nitrogens with two attached hydrogens (primary N) is 5. The lowest BCUT2D eigenvalue weighted by Gasteiger charge is -2.34. The smallest absolute Gasteiger partial charge is 0.305 e. The predicted octanol–water partition coefficient (Wildman–Crippen LogP) is -6.66. The lowest BCUT2D eigenvalue weighted by atomic mass is 9.91. The molecule has 18 amide bonds. The summed E-state index contributed by atoms with van der Waals surface area (Å²) in [7, 11) is 0. The van der Waals surface area contributed by atoms with E-state index in [0.717, 1.165) is 6.92 Å². The summed E-state index contributed by atoms with van der Waals surface area (Å²) in [6.45, 7) is 13.4. The first kappa shape index (κ1) is 117. The van der Waals surface area contributed by atoms with Gasteiger partial charge in [0.05, 0.1) is 25.5 Å². The number of phenolic OH excluding ortho intramolecular Hbond substituents is 1. The van der Waals surface area contributed by atoms with E-state index in [0.29, 0.717) is 5.56 Å². The summed E-state index contributed by atoms with van der Waals surface area (Å²) in [5.74, 6) is -23.0. The second-order valence-corrected chi connectivity index (χ2v) is 34.4. The lowest BCUT2D eigenvalue weighted by Crippen LogP contribution is -2.65. The number of rotatable bonds is 50. The van der Waals surface area contributed by atoms with Crippen molar-refractivity contribution >= 4 is 143 Å². The van der Waals surface area contributed by atoms with E-state index in [1.807, 2.05) is 0 Å². The Morgan fingerprint density at radius 2 is 0.942 bits per heavy atom. The fourth-order valence-electron chi connectivity index (χ4n) is 13.9. The number of phenols is 1. The summed E-state index contributed by atoms with van der Waals surface area (Å²) >= 11 is 4.31. The largest absolute Gasteiger partial charge is 0.508 e. The number of aliphatic hydroxyl groups is 1. The van der Waals surface area contributed by atoms with E-state index in [1.165, 1.54) is 58.9 Å². The minimum atomic E-state index is -2.11. The average Bonchev–Trinajstić information content (AvgIpc) is 0.974. The number of hydrogen-bond donors (Lipinski definition) is 31. The van der Waals surface area contributed by atoms with Crippen molar-refractivity contribution in [3.05, 3.63) is 77.9 Å². The summed E-state index contributed by atoms with van der Waals surface area (Å²) in [6.07, 6.45) is -0.810. The van der Waals surface area contributed by atoms with E-state index in [2.05, 4.69) is 114 Å². The van der Waals surface area contributed by atoms with Crippen molar-refractivity contribution < 1.29 is 106 Å². The molecule has 0 radical (unpaired) electrons. The van der Waals surface area contributed by atoms with Crippen molar-refractivity contribution in [2.45, 2.75) is 281 Å². The summed E-state index contributed by atoms with van der Waals surface area (Å²) < 4.78 is 0. The van der Waals surface area contributed by atoms with Gasteiger partial charge in [0.15, 0.2) is 17.9 Å². The number of guanidine groups is 3. The SMILES string of the molecule is CC[C@H](C)[C@H](NC(=O)[C@H](CCCNC(=N)N)NC(=O)[C@@H](NC(=O)CNC(C)=O)[C@@H](C)O)C(=O)N[C@H](C(=O)N[C@@H](Cc1ccc(O)cc1)C(=O)N[C@@H](CC(=O)O)C(=O)N[C@@H](CCCNC(=N)N)C(=O)N[C@@]1(C)CCC/C=C\CCC[C@@](C)(C(=O)N[C@@H](CS)C(=O)N[C@@H](CCCNC(=N)N)C(=O)N[C@@H](CC(N)=O)C(N)=O)NC(=O)[C@H](C)NC(=O)[C@H](C)NC(=O)[C@H](Cc2ccccc2)NC1=O)[C@@H](C)CC. The molecule has 0 saturated heterocycles. The monoisotopic (exact) mass is 1950 g/mol. The van der Waals surface area contributed by atoms with Crippen molar-refractivity contribution in [3.8, 4) is 5.75 Å². The van der Waals surface area contributed by atoms with Crippen LogP contribution in [0.4, 0.5) is 0 Å². The van der Waals surface area contributed by atoms with Gasteiger partial charge in [-0.25, -0.2) is 0 Å². The van der Waals surface area contributed by atoms with Crippen LogP contribution in [0.25, 0.3) is 0 Å². The zero-order valence-electron chi connectivity index (χ0n) is 78.8. The first-order chi connectivity index (χ1) is 64.4. The van der Waals surface area contributed by atoms with E-state index in [-0.39, 0.29) is 127 Å². The van der Waals surface area contributed by atoms with Gasteiger partial charge in [-0.2, -0.15) is 12.6 Å². The number of hydrogen-bond acceptors (Lipinski definition) is 25. The quantitative estimate of drug-likeness (QED) is 0.00963. The Hall–Kier alpha value is -14.0. The number of allylic oxidation sites excluding steroid dienone is 2. The van der Waals surface area contributed by atoms with Crippen LogP contribution in [0.15, 0.2) is 66.7 Å². The Morgan fingerprint density at radius 3 is 1.43 bits per heavy atom. The maximum Gasteiger partial charge on any atom is 0.305 e. The third kappa shape index (κ3) is 42.7. The molecule has 0 unspecified atom stereocenters. The van der Waals surface area contributed by atoms with E-state index >= 15 is 24.0 Å². The lowest BCUT2D eigenvalue weighted by molar-refractivity contribution is -0.142. The molecule has 1 aliphatic rings. The number of thiol groups is 1. The molecule has 0 fully saturated rings. The zero-order chi connectivity index (χ0) is 103. The zero-order valence-corrected chi connectivity index (χ0v) is 79.7. The molecule has 50 heteroatoms. The van der Waals surface area contributed by atoms with Crippen molar-refractivity contribution in [1.82, 2.24) is 101 Å². The highest BCUT2D eigenvalue weighted by Crippen LogP contribution is 2.23. The molecular formula is C87H139N27O22S. The summed E-state index contributed by atoms with van der Waals surface area (Å²) in [5.41, 5.74) is 24.0. The molecule has 0 aromatic heterocycles. The molecule has 1 heterocycles. The van der Waals surface area contributed by atoms with Crippen molar-refractivity contribution in [2.24, 2.45) is 40.5 Å². The van der Waals surface area contributed by atoms with Gasteiger partial charge in [0.25, 0.3) is 0 Å². The second-order valence-electron chi connectivity index (χ2n) is 34.1. The molecular weight excluding hydrogens is 1810 g/mol. The van der Waals surface area contributed by atoms with Crippen LogP contribution in [0.2, 0.25) is 0 Å². The molecule has 137 heavy (non-hydrogen) atoms. The minimum Gasteiger partial charge on any atom is -0.508 e. The molecule has 49 nitrogen and oxygen atoms in total. The third-order valence-electron chi connectivity index (χ3n) is 22.4. The van der Waals surface area contributed by atoms with Crippen LogP contribution in [0.3, 0.4) is 0 Å². The van der Waals surface area contributed by atoms with Crippen LogP contribution in [0.1, 0.15) is 183 Å². The van der Waals surface area contributed by atoms with Gasteiger partial charge in [0.2, 0.25) is 106 Å².